The van der Waals surface area contributed by atoms with Crippen molar-refractivity contribution in [3.8, 4) is 5.75 Å². The highest BCUT2D eigenvalue weighted by molar-refractivity contribution is 6.34. The number of amides is 2. The highest BCUT2D eigenvalue weighted by Gasteiger charge is 2.32. The maximum absolute atomic E-state index is 12.9. The number of hydrogen-bond donors (Lipinski definition) is 1. The van der Waals surface area contributed by atoms with Gasteiger partial charge in [-0.3, -0.25) is 14.3 Å². The number of anilines is 1. The summed E-state index contributed by atoms with van der Waals surface area (Å²) in [5.41, 5.74) is 2.15. The second kappa shape index (κ2) is 9.66. The van der Waals surface area contributed by atoms with Crippen LogP contribution in [-0.4, -0.2) is 41.3 Å². The Bertz CT molecular complexity index is 1070. The molecule has 8 heteroatoms. The average Bonchev–Trinajstić information content (AvgIpc) is 2.97. The van der Waals surface area contributed by atoms with Gasteiger partial charge in [-0.15, -0.1) is 0 Å². The number of carbonyl (C=O) groups is 2. The zero-order chi connectivity index (χ0) is 22.5. The quantitative estimate of drug-likeness (QED) is 0.695. The Morgan fingerprint density at radius 2 is 2.13 bits per heavy atom. The van der Waals surface area contributed by atoms with Gasteiger partial charge in [0.2, 0.25) is 0 Å². The number of likely N-dealkylation sites (N-methyl/N-ethyl adjacent to an activating group) is 1. The van der Waals surface area contributed by atoms with Crippen LogP contribution in [0, 0.1) is 6.92 Å². The fourth-order valence-electron chi connectivity index (χ4n) is 3.15. The van der Waals surface area contributed by atoms with Crippen molar-refractivity contribution in [2.45, 2.75) is 26.4 Å². The van der Waals surface area contributed by atoms with Crippen LogP contribution < -0.4 is 15.0 Å². The molecule has 0 unspecified atom stereocenters. The Morgan fingerprint density at radius 3 is 2.87 bits per heavy atom. The largest absolute Gasteiger partial charge is 0.489 e. The highest BCUT2D eigenvalue weighted by atomic mass is 35.5. The molecule has 1 aliphatic heterocycles. The van der Waals surface area contributed by atoms with Gasteiger partial charge in [0, 0.05) is 7.05 Å². The number of aromatic nitrogens is 2. The standard InChI is InChI=1S/C23H25ClN4O3/c1-5-6-7-10-15(2)13-28-16(3)20(24)21(26-28)22(29)25-17-14-31-19-12-9-8-11-18(19)27(4)23(17)30/h5-12,17H,2,13-14H2,1,3-4H3,(H,25,29)/b6-5-,10-7-/t17-/m0/s1. The molecule has 162 valence electrons. The van der Waals surface area contributed by atoms with E-state index < -0.39 is 11.9 Å². The number of halogens is 1. The highest BCUT2D eigenvalue weighted by Crippen LogP contribution is 2.30. The molecule has 1 N–H and O–H groups in total. The topological polar surface area (TPSA) is 76.5 Å². The Morgan fingerprint density at radius 1 is 1.39 bits per heavy atom. The predicted octanol–water partition coefficient (Wildman–Crippen LogP) is 3.69. The number of para-hydroxylation sites is 2. The smallest absolute Gasteiger partial charge is 0.274 e. The number of carbonyl (C=O) groups excluding carboxylic acids is 2. The van der Waals surface area contributed by atoms with Crippen LogP contribution in [0.2, 0.25) is 5.02 Å². The second-order valence-corrected chi connectivity index (χ2v) is 7.53. The molecule has 3 rings (SSSR count). The fourth-order valence-corrected chi connectivity index (χ4v) is 3.38. The van der Waals surface area contributed by atoms with Crippen molar-refractivity contribution in [2.24, 2.45) is 0 Å². The van der Waals surface area contributed by atoms with Crippen LogP contribution in [0.1, 0.15) is 23.1 Å². The van der Waals surface area contributed by atoms with Crippen LogP contribution in [0.25, 0.3) is 0 Å². The summed E-state index contributed by atoms with van der Waals surface area (Å²) in [7, 11) is 1.65. The first kappa shape index (κ1) is 22.4. The van der Waals surface area contributed by atoms with Gasteiger partial charge in [-0.1, -0.05) is 54.6 Å². The molecule has 0 bridgehead atoms. The van der Waals surface area contributed by atoms with Crippen molar-refractivity contribution >= 4 is 29.1 Å². The fraction of sp³-hybridized carbons (Fsp3) is 0.261. The zero-order valence-corrected chi connectivity index (χ0v) is 18.5. The first-order chi connectivity index (χ1) is 14.8. The summed E-state index contributed by atoms with van der Waals surface area (Å²) in [6.45, 7) is 8.10. The number of nitrogens with one attached hydrogen (secondary N) is 1. The summed E-state index contributed by atoms with van der Waals surface area (Å²) in [6.07, 6.45) is 7.55. The average molecular weight is 441 g/mol. The van der Waals surface area contributed by atoms with Crippen LogP contribution in [0.15, 0.2) is 60.7 Å². The van der Waals surface area contributed by atoms with Crippen LogP contribution >= 0.6 is 11.6 Å². The molecule has 1 aromatic heterocycles. The zero-order valence-electron chi connectivity index (χ0n) is 17.8. The molecule has 0 saturated carbocycles. The molecule has 0 spiro atoms. The van der Waals surface area contributed by atoms with E-state index >= 15 is 0 Å². The number of ether oxygens (including phenoxy) is 1. The third kappa shape index (κ3) is 4.88. The number of fused-ring (bicyclic) bond motifs is 1. The number of rotatable bonds is 6. The summed E-state index contributed by atoms with van der Waals surface area (Å²) in [4.78, 5) is 27.2. The Kier molecular flexibility index (Phi) is 6.97. The summed E-state index contributed by atoms with van der Waals surface area (Å²) >= 11 is 6.38. The van der Waals surface area contributed by atoms with Crippen LogP contribution in [-0.2, 0) is 11.3 Å². The summed E-state index contributed by atoms with van der Waals surface area (Å²) < 4.78 is 7.35. The van der Waals surface area contributed by atoms with Gasteiger partial charge >= 0.3 is 0 Å². The summed E-state index contributed by atoms with van der Waals surface area (Å²) in [5, 5.41) is 7.29. The van der Waals surface area contributed by atoms with E-state index in [9.17, 15) is 9.59 Å². The monoisotopic (exact) mass is 440 g/mol. The third-order valence-corrected chi connectivity index (χ3v) is 5.36. The van der Waals surface area contributed by atoms with E-state index in [0.29, 0.717) is 23.7 Å². The minimum Gasteiger partial charge on any atom is -0.489 e. The molecule has 31 heavy (non-hydrogen) atoms. The number of hydrogen-bond acceptors (Lipinski definition) is 4. The maximum Gasteiger partial charge on any atom is 0.274 e. The lowest BCUT2D eigenvalue weighted by Gasteiger charge is -2.20. The Balaban J connectivity index is 1.75. The molecule has 1 atom stereocenters. The molecule has 0 saturated heterocycles. The van der Waals surface area contributed by atoms with E-state index in [0.717, 1.165) is 5.57 Å². The van der Waals surface area contributed by atoms with Crippen molar-refractivity contribution in [1.29, 1.82) is 0 Å². The minimum atomic E-state index is -0.870. The van der Waals surface area contributed by atoms with E-state index in [1.54, 1.807) is 30.8 Å². The lowest BCUT2D eigenvalue weighted by molar-refractivity contribution is -0.120. The second-order valence-electron chi connectivity index (χ2n) is 7.15. The molecule has 2 aromatic rings. The van der Waals surface area contributed by atoms with E-state index in [2.05, 4.69) is 17.0 Å². The van der Waals surface area contributed by atoms with E-state index in [4.69, 9.17) is 16.3 Å². The summed E-state index contributed by atoms with van der Waals surface area (Å²) in [5.74, 6) is -0.242. The third-order valence-electron chi connectivity index (χ3n) is 4.90. The van der Waals surface area contributed by atoms with Crippen LogP contribution in [0.4, 0.5) is 5.69 Å². The van der Waals surface area contributed by atoms with Gasteiger partial charge in [-0.05, 0) is 31.6 Å². The lowest BCUT2D eigenvalue weighted by Crippen LogP contribution is -2.49. The van der Waals surface area contributed by atoms with Crippen molar-refractivity contribution in [3.63, 3.8) is 0 Å². The normalized spacial score (nSPS) is 16.3. The molecule has 0 radical (unpaired) electrons. The maximum atomic E-state index is 12.9. The molecule has 2 heterocycles. The SMILES string of the molecule is C=C(/C=C\C=C/C)Cn1nc(C(=O)N[C@H]2COc3ccccc3N(C)C2=O)c(Cl)c1C. The van der Waals surface area contributed by atoms with E-state index in [1.807, 2.05) is 43.4 Å². The minimum absolute atomic E-state index is 0.00971. The summed E-state index contributed by atoms with van der Waals surface area (Å²) in [6, 6.07) is 6.35. The molecular formula is C23H25ClN4O3. The van der Waals surface area contributed by atoms with Crippen molar-refractivity contribution < 1.29 is 14.3 Å². The van der Waals surface area contributed by atoms with Gasteiger partial charge in [-0.25, -0.2) is 0 Å². The van der Waals surface area contributed by atoms with Crippen molar-refractivity contribution in [2.75, 3.05) is 18.6 Å². The first-order valence-electron chi connectivity index (χ1n) is 9.83. The molecule has 0 aliphatic carbocycles. The van der Waals surface area contributed by atoms with Gasteiger partial charge in [0.15, 0.2) is 5.69 Å². The number of allylic oxidation sites excluding steroid dienone is 5. The lowest BCUT2D eigenvalue weighted by atomic mass is 10.2. The van der Waals surface area contributed by atoms with Crippen molar-refractivity contribution in [3.05, 3.63) is 77.1 Å². The molecule has 2 amide bonds. The molecule has 7 nitrogen and oxygen atoms in total. The van der Waals surface area contributed by atoms with E-state index in [-0.39, 0.29) is 23.2 Å². The number of benzene rings is 1. The molecule has 0 fully saturated rings. The van der Waals surface area contributed by atoms with Gasteiger partial charge in [0.25, 0.3) is 11.8 Å². The Labute approximate surface area is 186 Å². The van der Waals surface area contributed by atoms with Gasteiger partial charge in [-0.2, -0.15) is 5.10 Å². The predicted molar refractivity (Wildman–Crippen MR) is 122 cm³/mol. The Hall–Kier alpha value is -3.32. The molecule has 1 aromatic carbocycles. The van der Waals surface area contributed by atoms with Gasteiger partial charge in [0.05, 0.1) is 22.9 Å². The van der Waals surface area contributed by atoms with Crippen molar-refractivity contribution in [1.82, 2.24) is 15.1 Å². The number of nitrogens with zero attached hydrogens (tertiary/aromatic N) is 3. The molecule has 1 aliphatic rings. The van der Waals surface area contributed by atoms with Crippen LogP contribution in [0.5, 0.6) is 5.75 Å². The van der Waals surface area contributed by atoms with Gasteiger partial charge < -0.3 is 15.0 Å². The first-order valence-corrected chi connectivity index (χ1v) is 10.2. The molecular weight excluding hydrogens is 416 g/mol. The van der Waals surface area contributed by atoms with Crippen LogP contribution in [0.3, 0.4) is 0 Å². The van der Waals surface area contributed by atoms with Gasteiger partial charge in [0.1, 0.15) is 18.4 Å². The van der Waals surface area contributed by atoms with E-state index in [1.165, 1.54) is 4.90 Å².